The number of thiophene rings is 1. The maximum absolute atomic E-state index is 13.6. The summed E-state index contributed by atoms with van der Waals surface area (Å²) in [4.78, 5) is 22.1. The Balaban J connectivity index is 1.86. The van der Waals surface area contributed by atoms with E-state index in [0.29, 0.717) is 10.6 Å². The third-order valence-corrected chi connectivity index (χ3v) is 6.06. The molecule has 2 atom stereocenters. The summed E-state index contributed by atoms with van der Waals surface area (Å²) < 4.78 is 39.2. The number of hydrogen-bond acceptors (Lipinski definition) is 3. The van der Waals surface area contributed by atoms with Crippen LogP contribution >= 0.6 is 31.0 Å². The van der Waals surface area contributed by atoms with E-state index in [2.05, 4.69) is 5.32 Å². The second-order valence-electron chi connectivity index (χ2n) is 5.99. The largest absolute Gasteiger partial charge is 0.346 e. The number of benzene rings is 2. The van der Waals surface area contributed by atoms with Crippen molar-refractivity contribution in [2.24, 2.45) is 0 Å². The number of rotatable bonds is 6. The fourth-order valence-electron chi connectivity index (χ4n) is 2.77. The van der Waals surface area contributed by atoms with E-state index < -0.39 is 31.5 Å². The van der Waals surface area contributed by atoms with Crippen molar-refractivity contribution in [3.05, 3.63) is 75.8 Å². The van der Waals surface area contributed by atoms with Crippen molar-refractivity contribution in [3.63, 3.8) is 0 Å². The molecule has 2 aromatic carbocycles. The van der Waals surface area contributed by atoms with E-state index in [1.165, 1.54) is 23.6 Å². The Morgan fingerprint density at radius 3 is 2.82 bits per heavy atom. The Labute approximate surface area is 169 Å². The molecule has 0 saturated heterocycles. The van der Waals surface area contributed by atoms with Crippen molar-refractivity contribution in [2.45, 2.75) is 5.92 Å². The molecule has 0 aliphatic carbocycles. The summed E-state index contributed by atoms with van der Waals surface area (Å²) in [6, 6.07) is 8.22. The first kappa shape index (κ1) is 20.7. The number of halogens is 3. The lowest BCUT2D eigenvalue weighted by Crippen LogP contribution is -2.26. The zero-order valence-electron chi connectivity index (χ0n) is 14.3. The highest BCUT2D eigenvalue weighted by molar-refractivity contribution is 7.38. The molecule has 1 amide bonds. The number of carbonyl (C=O) groups is 1. The lowest BCUT2D eigenvalue weighted by atomic mass is 9.99. The molecule has 9 heteroatoms. The van der Waals surface area contributed by atoms with Gasteiger partial charge in [-0.3, -0.25) is 9.36 Å². The van der Waals surface area contributed by atoms with E-state index in [-0.39, 0.29) is 11.7 Å². The first-order valence-corrected chi connectivity index (χ1v) is 11.0. The van der Waals surface area contributed by atoms with Gasteiger partial charge < -0.3 is 10.2 Å². The molecule has 3 rings (SSSR count). The molecule has 0 aliphatic heterocycles. The van der Waals surface area contributed by atoms with Crippen LogP contribution in [0.15, 0.2) is 48.0 Å². The Morgan fingerprint density at radius 2 is 2.07 bits per heavy atom. The molecule has 0 radical (unpaired) electrons. The van der Waals surface area contributed by atoms with Crippen LogP contribution in [-0.4, -0.2) is 17.0 Å². The Bertz CT molecular complexity index is 1090. The van der Waals surface area contributed by atoms with Crippen LogP contribution in [0.4, 0.5) is 8.78 Å². The van der Waals surface area contributed by atoms with E-state index in [1.807, 2.05) is 6.07 Å². The average molecular weight is 442 g/mol. The van der Waals surface area contributed by atoms with Gasteiger partial charge in [0, 0.05) is 27.6 Å². The Morgan fingerprint density at radius 1 is 1.29 bits per heavy atom. The molecule has 1 heterocycles. The van der Waals surface area contributed by atoms with Gasteiger partial charge in [0.15, 0.2) is 8.03 Å². The van der Waals surface area contributed by atoms with Gasteiger partial charge in [-0.25, -0.2) is 8.78 Å². The Hall–Kier alpha value is -2.05. The van der Waals surface area contributed by atoms with Crippen molar-refractivity contribution in [2.75, 3.05) is 6.16 Å². The van der Waals surface area contributed by atoms with Gasteiger partial charge in [0.25, 0.3) is 0 Å². The van der Waals surface area contributed by atoms with E-state index in [0.717, 1.165) is 28.3 Å². The van der Waals surface area contributed by atoms with Crippen molar-refractivity contribution >= 4 is 53.0 Å². The van der Waals surface area contributed by atoms with Crippen molar-refractivity contribution in [1.29, 1.82) is 0 Å². The van der Waals surface area contributed by atoms with E-state index in [9.17, 15) is 23.0 Å². The number of hydrogen-bond donors (Lipinski definition) is 2. The van der Waals surface area contributed by atoms with Crippen LogP contribution in [0.1, 0.15) is 17.0 Å². The third kappa shape index (κ3) is 4.86. The molecule has 0 saturated carbocycles. The predicted molar refractivity (Wildman–Crippen MR) is 109 cm³/mol. The van der Waals surface area contributed by atoms with Crippen LogP contribution in [0.5, 0.6) is 0 Å². The summed E-state index contributed by atoms with van der Waals surface area (Å²) in [5, 5.41) is 5.46. The van der Waals surface area contributed by atoms with Gasteiger partial charge in [0.05, 0.1) is 5.92 Å². The summed E-state index contributed by atoms with van der Waals surface area (Å²) in [7, 11) is -2.94. The first-order valence-electron chi connectivity index (χ1n) is 8.15. The van der Waals surface area contributed by atoms with Crippen molar-refractivity contribution in [3.8, 4) is 0 Å². The second-order valence-corrected chi connectivity index (χ2v) is 8.53. The molecule has 2 N–H and O–H groups in total. The maximum atomic E-state index is 13.6. The van der Waals surface area contributed by atoms with Crippen LogP contribution in [-0.2, 0) is 9.36 Å². The third-order valence-electron chi connectivity index (χ3n) is 4.08. The van der Waals surface area contributed by atoms with Crippen molar-refractivity contribution < 1.29 is 23.0 Å². The van der Waals surface area contributed by atoms with Gasteiger partial charge >= 0.3 is 0 Å². The summed E-state index contributed by atoms with van der Waals surface area (Å²) in [6.07, 6.45) is 2.16. The highest BCUT2D eigenvalue weighted by Gasteiger charge is 2.25. The Kier molecular flexibility index (Phi) is 6.62. The minimum Gasteiger partial charge on any atom is -0.346 e. The topological polar surface area (TPSA) is 66.4 Å². The van der Waals surface area contributed by atoms with Gasteiger partial charge in [-0.1, -0.05) is 11.6 Å². The molecular weight excluding hydrogens is 427 g/mol. The van der Waals surface area contributed by atoms with Gasteiger partial charge in [0.1, 0.15) is 11.6 Å². The van der Waals surface area contributed by atoms with Crippen molar-refractivity contribution in [1.82, 2.24) is 5.32 Å². The average Bonchev–Trinajstić information content (AvgIpc) is 3.05. The molecule has 28 heavy (non-hydrogen) atoms. The molecule has 2 unspecified atom stereocenters. The molecule has 1 aromatic heterocycles. The second kappa shape index (κ2) is 8.97. The molecule has 146 valence electrons. The highest BCUT2D eigenvalue weighted by atomic mass is 35.5. The normalized spacial score (nSPS) is 13.7. The van der Waals surface area contributed by atoms with E-state index in [1.54, 1.807) is 17.5 Å². The van der Waals surface area contributed by atoms with Crippen LogP contribution < -0.4 is 5.32 Å². The minimum atomic E-state index is -2.94. The zero-order chi connectivity index (χ0) is 20.3. The SMILES string of the molecule is O=C(N/C=C/c1cc(F)ccc1F)C(C[PH](=O)O)c1csc2ccc(Cl)cc12. The van der Waals surface area contributed by atoms with E-state index in [4.69, 9.17) is 11.6 Å². The number of carbonyl (C=O) groups excluding carboxylic acids is 1. The number of nitrogens with one attached hydrogen (secondary N) is 1. The summed E-state index contributed by atoms with van der Waals surface area (Å²) in [5.41, 5.74) is 0.568. The summed E-state index contributed by atoms with van der Waals surface area (Å²) in [5.74, 6) is -2.65. The molecule has 0 aliphatic rings. The van der Waals surface area contributed by atoms with Crippen LogP contribution in [0, 0.1) is 11.6 Å². The van der Waals surface area contributed by atoms with Crippen LogP contribution in [0.25, 0.3) is 16.2 Å². The smallest absolute Gasteiger partial charge is 0.232 e. The maximum Gasteiger partial charge on any atom is 0.232 e. The fourth-order valence-corrected chi connectivity index (χ4v) is 4.69. The standard InChI is InChI=1S/C19H15ClF2NO3PS/c20-12-1-4-18-14(8-12)16(10-28-18)15(9-27(25)26)19(24)23-6-5-11-7-13(21)2-3-17(11)22/h1-8,10,15,27H,9H2,(H,23,24)(H,25,26)/b6-5+. The molecule has 0 fully saturated rings. The molecule has 0 bridgehead atoms. The lowest BCUT2D eigenvalue weighted by molar-refractivity contribution is -0.121. The summed E-state index contributed by atoms with van der Waals surface area (Å²) in [6.45, 7) is 0. The zero-order valence-corrected chi connectivity index (χ0v) is 16.9. The number of amides is 1. The monoisotopic (exact) mass is 441 g/mol. The first-order chi connectivity index (χ1) is 13.3. The highest BCUT2D eigenvalue weighted by Crippen LogP contribution is 2.36. The van der Waals surface area contributed by atoms with Gasteiger partial charge in [-0.2, -0.15) is 0 Å². The minimum absolute atomic E-state index is 0.0275. The van der Waals surface area contributed by atoms with Crippen LogP contribution in [0.2, 0.25) is 5.02 Å². The quantitative estimate of drug-likeness (QED) is 0.518. The summed E-state index contributed by atoms with van der Waals surface area (Å²) >= 11 is 7.44. The van der Waals surface area contributed by atoms with Crippen LogP contribution in [0.3, 0.4) is 0 Å². The molecule has 0 spiro atoms. The molecular formula is C19H15ClF2NO3PS. The number of fused-ring (bicyclic) bond motifs is 1. The van der Waals surface area contributed by atoms with Gasteiger partial charge in [-0.05, 0) is 58.8 Å². The molecule has 4 nitrogen and oxygen atoms in total. The predicted octanol–water partition coefficient (Wildman–Crippen LogP) is 5.17. The molecule has 3 aromatic rings. The van der Waals surface area contributed by atoms with Gasteiger partial charge in [0.2, 0.25) is 5.91 Å². The van der Waals surface area contributed by atoms with Gasteiger partial charge in [-0.15, -0.1) is 11.3 Å². The van der Waals surface area contributed by atoms with E-state index >= 15 is 0 Å². The lowest BCUT2D eigenvalue weighted by Gasteiger charge is -2.14. The fraction of sp³-hybridized carbons (Fsp3) is 0.105.